The molecule has 0 spiro atoms. The minimum Gasteiger partial charge on any atom is -0.462 e. The fourth-order valence-electron chi connectivity index (χ4n) is 9.57. The Morgan fingerprint density at radius 1 is 0.333 bits per heavy atom. The van der Waals surface area contributed by atoms with Crippen LogP contribution in [0, 0.1) is 23.7 Å². The number of unbranched alkanes of at least 4 members (excludes halogenated alkanes) is 27. The number of carbonyl (C=O) groups excluding carboxylic acids is 4. The van der Waals surface area contributed by atoms with Crippen molar-refractivity contribution in [2.75, 3.05) is 39.6 Å². The number of esters is 4. The van der Waals surface area contributed by atoms with Crippen LogP contribution in [0.4, 0.5) is 0 Å². The van der Waals surface area contributed by atoms with Crippen molar-refractivity contribution in [3.8, 4) is 0 Å². The molecule has 0 aliphatic heterocycles. The molecule has 0 rings (SSSR count). The lowest BCUT2D eigenvalue weighted by molar-refractivity contribution is -0.161. The van der Waals surface area contributed by atoms with Gasteiger partial charge in [0.2, 0.25) is 0 Å². The SMILES string of the molecule is CCC(C)CCCCCCCCCCCCC(=O)OC[C@H](COP(=O)(O)OC[C@@H](O)COP(=O)(O)OC[C@@H](COC(=O)CCCCCCCCC(C)C)OC(=O)CCCCCCCCCCC(C)C)OC(=O)CCCCCCCCCC(C)C. The highest BCUT2D eigenvalue weighted by Gasteiger charge is 2.30. The van der Waals surface area contributed by atoms with E-state index in [-0.39, 0.29) is 25.7 Å². The second-order valence-electron chi connectivity index (χ2n) is 25.2. The number of phosphoric acid groups is 2. The van der Waals surface area contributed by atoms with Crippen molar-refractivity contribution in [3.05, 3.63) is 0 Å². The summed E-state index contributed by atoms with van der Waals surface area (Å²) in [6.07, 6.45) is 35.0. The summed E-state index contributed by atoms with van der Waals surface area (Å²) in [5.41, 5.74) is 0. The van der Waals surface area contributed by atoms with Crippen molar-refractivity contribution >= 4 is 39.5 Å². The van der Waals surface area contributed by atoms with Crippen LogP contribution < -0.4 is 0 Å². The zero-order chi connectivity index (χ0) is 62.5. The topological polar surface area (TPSA) is 237 Å². The fourth-order valence-corrected chi connectivity index (χ4v) is 11.2. The first-order chi connectivity index (χ1) is 40.1. The summed E-state index contributed by atoms with van der Waals surface area (Å²) in [5, 5.41) is 10.5. The standard InChI is InChI=1S/C65H126O17P2/c1-9-58(8)44-36-28-19-12-10-11-13-20-29-37-45-62(67)75-51-60(82-65(70)48-40-32-22-16-18-26-34-42-56(4)5)53-79-83(71,72)77-49-59(66)50-78-84(73,74)80-54-61(52-76-63(68)46-38-30-24-23-27-35-43-57(6)7)81-64(69)47-39-31-21-15-14-17-25-33-41-55(2)3/h55-61,66H,9-54H2,1-8H3,(H,71,72)(H,73,74)/t58?,59-,60-,61-/m1/s1. The van der Waals surface area contributed by atoms with E-state index >= 15 is 0 Å². The number of hydrogen-bond donors (Lipinski definition) is 3. The van der Waals surface area contributed by atoms with Crippen molar-refractivity contribution in [3.63, 3.8) is 0 Å². The molecule has 0 aromatic carbocycles. The molecule has 0 bridgehead atoms. The van der Waals surface area contributed by atoms with Crippen LogP contribution in [0.3, 0.4) is 0 Å². The molecule has 498 valence electrons. The molecular weight excluding hydrogens is 1110 g/mol. The average Bonchev–Trinajstić information content (AvgIpc) is 3.44. The van der Waals surface area contributed by atoms with Crippen LogP contribution in [-0.2, 0) is 65.4 Å². The third-order valence-corrected chi connectivity index (χ3v) is 17.1. The molecule has 0 saturated heterocycles. The Kier molecular flexibility index (Phi) is 53.9. The van der Waals surface area contributed by atoms with Gasteiger partial charge in [-0.05, 0) is 49.4 Å². The summed E-state index contributed by atoms with van der Waals surface area (Å²) in [6.45, 7) is 13.9. The zero-order valence-electron chi connectivity index (χ0n) is 54.5. The molecule has 3 unspecified atom stereocenters. The summed E-state index contributed by atoms with van der Waals surface area (Å²) in [7, 11) is -9.89. The molecule has 3 N–H and O–H groups in total. The van der Waals surface area contributed by atoms with Crippen molar-refractivity contribution in [2.24, 2.45) is 23.7 Å². The van der Waals surface area contributed by atoms with Gasteiger partial charge in [0.25, 0.3) is 0 Å². The van der Waals surface area contributed by atoms with Crippen molar-refractivity contribution in [2.45, 2.75) is 331 Å². The molecule has 0 aliphatic carbocycles. The van der Waals surface area contributed by atoms with Gasteiger partial charge in [-0.2, -0.15) is 0 Å². The van der Waals surface area contributed by atoms with E-state index < -0.39 is 97.5 Å². The largest absolute Gasteiger partial charge is 0.472 e. The molecule has 6 atom stereocenters. The molecule has 84 heavy (non-hydrogen) atoms. The van der Waals surface area contributed by atoms with Gasteiger partial charge in [0.05, 0.1) is 26.4 Å². The van der Waals surface area contributed by atoms with E-state index in [1.54, 1.807) is 0 Å². The van der Waals surface area contributed by atoms with E-state index in [0.717, 1.165) is 108 Å². The van der Waals surface area contributed by atoms with Crippen molar-refractivity contribution in [1.82, 2.24) is 0 Å². The van der Waals surface area contributed by atoms with Gasteiger partial charge in [-0.3, -0.25) is 37.3 Å². The van der Waals surface area contributed by atoms with Crippen LogP contribution >= 0.6 is 15.6 Å². The highest BCUT2D eigenvalue weighted by molar-refractivity contribution is 7.47. The Labute approximate surface area is 511 Å². The van der Waals surface area contributed by atoms with Crippen LogP contribution in [0.1, 0.15) is 312 Å². The van der Waals surface area contributed by atoms with Crippen LogP contribution in [0.25, 0.3) is 0 Å². The van der Waals surface area contributed by atoms with Crippen LogP contribution in [0.15, 0.2) is 0 Å². The summed E-state index contributed by atoms with van der Waals surface area (Å²) in [5.74, 6) is 0.761. The predicted molar refractivity (Wildman–Crippen MR) is 335 cm³/mol. The number of aliphatic hydroxyl groups is 1. The van der Waals surface area contributed by atoms with Gasteiger partial charge in [-0.15, -0.1) is 0 Å². The fraction of sp³-hybridized carbons (Fsp3) is 0.938. The Morgan fingerprint density at radius 2 is 0.571 bits per heavy atom. The average molecular weight is 1240 g/mol. The molecule has 0 aliphatic rings. The van der Waals surface area contributed by atoms with Crippen molar-refractivity contribution < 1.29 is 80.2 Å². The number of hydrogen-bond acceptors (Lipinski definition) is 15. The third kappa shape index (κ3) is 57.8. The van der Waals surface area contributed by atoms with Gasteiger partial charge >= 0.3 is 39.5 Å². The highest BCUT2D eigenvalue weighted by Crippen LogP contribution is 2.45. The molecule has 17 nitrogen and oxygen atoms in total. The highest BCUT2D eigenvalue weighted by atomic mass is 31.2. The maximum Gasteiger partial charge on any atom is 0.472 e. The maximum absolute atomic E-state index is 13.0. The Bertz CT molecular complexity index is 1680. The zero-order valence-corrected chi connectivity index (χ0v) is 56.3. The van der Waals surface area contributed by atoms with Gasteiger partial charge in [0, 0.05) is 25.7 Å². The second-order valence-corrected chi connectivity index (χ2v) is 28.1. The number of rotatable bonds is 62. The Morgan fingerprint density at radius 3 is 0.845 bits per heavy atom. The summed E-state index contributed by atoms with van der Waals surface area (Å²) < 4.78 is 68.0. The number of carbonyl (C=O) groups is 4. The summed E-state index contributed by atoms with van der Waals surface area (Å²) in [4.78, 5) is 72.2. The molecular formula is C65H126O17P2. The first kappa shape index (κ1) is 82.1. The summed E-state index contributed by atoms with van der Waals surface area (Å²) in [6, 6.07) is 0. The van der Waals surface area contributed by atoms with E-state index in [1.165, 1.54) is 109 Å². The van der Waals surface area contributed by atoms with Gasteiger partial charge in [-0.1, -0.05) is 261 Å². The minimum absolute atomic E-state index is 0.102. The lowest BCUT2D eigenvalue weighted by Gasteiger charge is -2.21. The minimum atomic E-state index is -4.95. The summed E-state index contributed by atoms with van der Waals surface area (Å²) >= 11 is 0. The monoisotopic (exact) mass is 1240 g/mol. The lowest BCUT2D eigenvalue weighted by Crippen LogP contribution is -2.30. The van der Waals surface area contributed by atoms with E-state index in [9.17, 15) is 43.2 Å². The number of phosphoric ester groups is 2. The van der Waals surface area contributed by atoms with Crippen LogP contribution in [0.5, 0.6) is 0 Å². The van der Waals surface area contributed by atoms with Crippen LogP contribution in [0.2, 0.25) is 0 Å². The molecule has 19 heteroatoms. The Hall–Kier alpha value is -1.94. The maximum atomic E-state index is 13.0. The smallest absolute Gasteiger partial charge is 0.462 e. The van der Waals surface area contributed by atoms with Crippen LogP contribution in [-0.4, -0.2) is 96.7 Å². The normalized spacial score (nSPS) is 14.7. The van der Waals surface area contributed by atoms with E-state index in [2.05, 4.69) is 55.4 Å². The second kappa shape index (κ2) is 55.2. The van der Waals surface area contributed by atoms with Gasteiger partial charge in [0.15, 0.2) is 12.2 Å². The number of aliphatic hydroxyl groups excluding tert-OH is 1. The quantitative estimate of drug-likeness (QED) is 0.0222. The first-order valence-corrected chi connectivity index (χ1v) is 36.7. The van der Waals surface area contributed by atoms with Crippen molar-refractivity contribution in [1.29, 1.82) is 0 Å². The molecule has 0 heterocycles. The molecule has 0 amide bonds. The number of ether oxygens (including phenoxy) is 4. The van der Waals surface area contributed by atoms with Gasteiger partial charge in [-0.25, -0.2) is 9.13 Å². The molecule has 0 aromatic heterocycles. The Balaban J connectivity index is 5.23. The van der Waals surface area contributed by atoms with E-state index in [0.29, 0.717) is 37.5 Å². The molecule has 0 radical (unpaired) electrons. The first-order valence-electron chi connectivity index (χ1n) is 33.7. The molecule has 0 fully saturated rings. The molecule has 0 saturated carbocycles. The predicted octanol–water partition coefficient (Wildman–Crippen LogP) is 17.8. The molecule has 0 aromatic rings. The van der Waals surface area contributed by atoms with E-state index in [4.69, 9.17) is 37.0 Å². The van der Waals surface area contributed by atoms with E-state index in [1.807, 2.05) is 0 Å². The third-order valence-electron chi connectivity index (χ3n) is 15.2. The van der Waals surface area contributed by atoms with Gasteiger partial charge in [0.1, 0.15) is 19.3 Å². The van der Waals surface area contributed by atoms with Gasteiger partial charge < -0.3 is 33.8 Å². The lowest BCUT2D eigenvalue weighted by atomic mass is 9.99.